The van der Waals surface area contributed by atoms with Crippen molar-refractivity contribution in [3.63, 3.8) is 0 Å². The third-order valence-corrected chi connectivity index (χ3v) is 4.52. The summed E-state index contributed by atoms with van der Waals surface area (Å²) < 4.78 is 2.16. The van der Waals surface area contributed by atoms with E-state index >= 15 is 0 Å². The van der Waals surface area contributed by atoms with Crippen molar-refractivity contribution < 1.29 is 4.92 Å². The van der Waals surface area contributed by atoms with E-state index in [1.165, 1.54) is 11.8 Å². The van der Waals surface area contributed by atoms with Crippen LogP contribution in [-0.2, 0) is 20.0 Å². The van der Waals surface area contributed by atoms with Gasteiger partial charge < -0.3 is 9.47 Å². The van der Waals surface area contributed by atoms with Gasteiger partial charge in [-0.3, -0.25) is 10.1 Å². The molecular weight excluding hydrogens is 316 g/mol. The molecule has 0 aliphatic carbocycles. The molecule has 0 amide bonds. The van der Waals surface area contributed by atoms with Crippen LogP contribution in [0.4, 0.5) is 11.4 Å². The number of nitro benzene ring substituents is 1. The number of nitrogens with zero attached hydrogens (tertiary/aromatic N) is 4. The Bertz CT molecular complexity index is 770. The van der Waals surface area contributed by atoms with Gasteiger partial charge in [0.25, 0.3) is 5.69 Å². The molecule has 3 rings (SSSR count). The van der Waals surface area contributed by atoms with E-state index < -0.39 is 0 Å². The zero-order chi connectivity index (χ0) is 16.7. The van der Waals surface area contributed by atoms with Gasteiger partial charge in [0.1, 0.15) is 11.5 Å². The van der Waals surface area contributed by atoms with Crippen LogP contribution in [0, 0.1) is 10.1 Å². The Morgan fingerprint density at radius 3 is 2.78 bits per heavy atom. The highest BCUT2D eigenvalue weighted by atomic mass is 35.5. The molecule has 1 aliphatic rings. The van der Waals surface area contributed by atoms with E-state index in [2.05, 4.69) is 18.4 Å². The molecule has 23 heavy (non-hydrogen) atoms. The summed E-state index contributed by atoms with van der Waals surface area (Å²) in [5.41, 5.74) is 2.87. The number of rotatable bonds is 3. The highest BCUT2D eigenvalue weighted by Gasteiger charge is 2.27. The van der Waals surface area contributed by atoms with Crippen LogP contribution in [-0.4, -0.2) is 21.0 Å². The van der Waals surface area contributed by atoms with Crippen molar-refractivity contribution in [1.29, 1.82) is 0 Å². The lowest BCUT2D eigenvalue weighted by atomic mass is 10.1. The van der Waals surface area contributed by atoms with Crippen molar-refractivity contribution in [1.82, 2.24) is 9.55 Å². The number of aromatic nitrogens is 2. The van der Waals surface area contributed by atoms with Crippen LogP contribution >= 0.6 is 11.6 Å². The fourth-order valence-corrected chi connectivity index (χ4v) is 3.35. The molecule has 1 aromatic heterocycles. The predicted molar refractivity (Wildman–Crippen MR) is 90.2 cm³/mol. The van der Waals surface area contributed by atoms with Gasteiger partial charge >= 0.3 is 0 Å². The summed E-state index contributed by atoms with van der Waals surface area (Å²) in [5, 5.41) is 11.7. The number of halogens is 1. The highest BCUT2D eigenvalue weighted by molar-refractivity contribution is 6.30. The Balaban J connectivity index is 1.97. The number of nitro groups is 1. The smallest absolute Gasteiger partial charge is 0.294 e. The minimum absolute atomic E-state index is 0.0426. The number of benzene rings is 1. The first-order valence-electron chi connectivity index (χ1n) is 7.61. The maximum absolute atomic E-state index is 11.3. The van der Waals surface area contributed by atoms with Gasteiger partial charge in [-0.05, 0) is 12.1 Å². The van der Waals surface area contributed by atoms with E-state index in [4.69, 9.17) is 16.6 Å². The molecular formula is C16H19ClN4O2. The Kier molecular flexibility index (Phi) is 4.02. The summed E-state index contributed by atoms with van der Waals surface area (Å²) in [6.07, 6.45) is 0.825. The van der Waals surface area contributed by atoms with Crippen molar-refractivity contribution in [2.24, 2.45) is 7.05 Å². The largest absolute Gasteiger partial charge is 0.360 e. The monoisotopic (exact) mass is 334 g/mol. The molecule has 1 aliphatic heterocycles. The molecule has 0 spiro atoms. The summed E-state index contributed by atoms with van der Waals surface area (Å²) in [6, 6.07) is 4.82. The lowest BCUT2D eigenvalue weighted by Crippen LogP contribution is -2.31. The fourth-order valence-electron chi connectivity index (χ4n) is 3.18. The minimum Gasteiger partial charge on any atom is -0.360 e. The van der Waals surface area contributed by atoms with Crippen LogP contribution < -0.4 is 4.90 Å². The van der Waals surface area contributed by atoms with Gasteiger partial charge in [0.05, 0.1) is 17.2 Å². The molecule has 0 saturated heterocycles. The Labute approximate surface area is 139 Å². The van der Waals surface area contributed by atoms with Gasteiger partial charge in [0, 0.05) is 42.7 Å². The first-order valence-corrected chi connectivity index (χ1v) is 7.99. The quantitative estimate of drug-likeness (QED) is 0.634. The molecule has 0 unspecified atom stereocenters. The van der Waals surface area contributed by atoms with Gasteiger partial charge in [-0.1, -0.05) is 25.4 Å². The van der Waals surface area contributed by atoms with Crippen LogP contribution in [0.1, 0.15) is 37.0 Å². The summed E-state index contributed by atoms with van der Waals surface area (Å²) in [4.78, 5) is 17.7. The molecule has 0 fully saturated rings. The number of anilines is 1. The number of hydrogen-bond donors (Lipinski definition) is 0. The van der Waals surface area contributed by atoms with Crippen LogP contribution in [0.2, 0.25) is 5.02 Å². The molecule has 0 N–H and O–H groups in total. The van der Waals surface area contributed by atoms with E-state index in [0.717, 1.165) is 24.5 Å². The van der Waals surface area contributed by atoms with Crippen LogP contribution in [0.15, 0.2) is 18.2 Å². The number of hydrogen-bond acceptors (Lipinski definition) is 4. The first-order chi connectivity index (χ1) is 10.9. The average Bonchev–Trinajstić information content (AvgIpc) is 2.84. The highest BCUT2D eigenvalue weighted by Crippen LogP contribution is 2.34. The van der Waals surface area contributed by atoms with Crippen molar-refractivity contribution in [3.8, 4) is 0 Å². The van der Waals surface area contributed by atoms with E-state index in [9.17, 15) is 10.1 Å². The third kappa shape index (κ3) is 2.79. The van der Waals surface area contributed by atoms with Gasteiger partial charge in [0.15, 0.2) is 0 Å². The third-order valence-electron chi connectivity index (χ3n) is 4.28. The summed E-state index contributed by atoms with van der Waals surface area (Å²) in [6.45, 7) is 5.55. The number of fused-ring (bicyclic) bond motifs is 1. The normalized spacial score (nSPS) is 14.2. The SMILES string of the molecule is CC(C)c1nc2c(n1C)CCN(c1ccc(Cl)cc1[N+](=O)[O-])C2. The molecule has 0 saturated carbocycles. The topological polar surface area (TPSA) is 64.2 Å². The van der Waals surface area contributed by atoms with Gasteiger partial charge in [-0.2, -0.15) is 0 Å². The van der Waals surface area contributed by atoms with Gasteiger partial charge in [0.2, 0.25) is 0 Å². The Morgan fingerprint density at radius 2 is 2.13 bits per heavy atom. The van der Waals surface area contributed by atoms with Crippen LogP contribution in [0.5, 0.6) is 0 Å². The second kappa shape index (κ2) is 5.85. The molecule has 0 bridgehead atoms. The van der Waals surface area contributed by atoms with Crippen LogP contribution in [0.25, 0.3) is 0 Å². The fraction of sp³-hybridized carbons (Fsp3) is 0.438. The van der Waals surface area contributed by atoms with E-state index in [1.54, 1.807) is 12.1 Å². The van der Waals surface area contributed by atoms with Crippen molar-refractivity contribution in [3.05, 3.63) is 50.5 Å². The number of imidazole rings is 1. The molecule has 122 valence electrons. The zero-order valence-corrected chi connectivity index (χ0v) is 14.2. The second-order valence-electron chi connectivity index (χ2n) is 6.14. The van der Waals surface area contributed by atoms with Crippen molar-refractivity contribution >= 4 is 23.0 Å². The molecule has 2 aromatic rings. The molecule has 7 heteroatoms. The van der Waals surface area contributed by atoms with Crippen molar-refractivity contribution in [2.45, 2.75) is 32.7 Å². The van der Waals surface area contributed by atoms with Gasteiger partial charge in [-0.25, -0.2) is 4.98 Å². The standard InChI is InChI=1S/C16H19ClN4O2/c1-10(2)16-18-12-9-20(7-6-13(12)19(16)3)14-5-4-11(17)8-15(14)21(22)23/h4-5,8,10H,6-7,9H2,1-3H3. The van der Waals surface area contributed by atoms with Crippen LogP contribution in [0.3, 0.4) is 0 Å². The molecule has 0 atom stereocenters. The molecule has 2 heterocycles. The Morgan fingerprint density at radius 1 is 1.39 bits per heavy atom. The molecule has 1 aromatic carbocycles. The predicted octanol–water partition coefficient (Wildman–Crippen LogP) is 3.67. The first kappa shape index (κ1) is 15.8. The summed E-state index contributed by atoms with van der Waals surface area (Å²) >= 11 is 5.90. The lowest BCUT2D eigenvalue weighted by Gasteiger charge is -2.28. The Hall–Kier alpha value is -2.08. The summed E-state index contributed by atoms with van der Waals surface area (Å²) in [7, 11) is 2.04. The van der Waals surface area contributed by atoms with Gasteiger partial charge in [-0.15, -0.1) is 0 Å². The zero-order valence-electron chi connectivity index (χ0n) is 13.4. The molecule has 0 radical (unpaired) electrons. The lowest BCUT2D eigenvalue weighted by molar-refractivity contribution is -0.384. The van der Waals surface area contributed by atoms with E-state index in [-0.39, 0.29) is 10.6 Å². The van der Waals surface area contributed by atoms with Crippen molar-refractivity contribution in [2.75, 3.05) is 11.4 Å². The minimum atomic E-state index is -0.380. The molecule has 6 nitrogen and oxygen atoms in total. The second-order valence-corrected chi connectivity index (χ2v) is 6.58. The maximum Gasteiger partial charge on any atom is 0.294 e. The average molecular weight is 335 g/mol. The maximum atomic E-state index is 11.3. The van der Waals surface area contributed by atoms with E-state index in [0.29, 0.717) is 23.2 Å². The van der Waals surface area contributed by atoms with E-state index in [1.807, 2.05) is 11.9 Å². The summed E-state index contributed by atoms with van der Waals surface area (Å²) in [5.74, 6) is 1.41.